The molecule has 1 heterocycles. The van der Waals surface area contributed by atoms with Crippen LogP contribution in [0.4, 0.5) is 0 Å². The SMILES string of the molecule is COc1cc2c(cc1OC)[C@@H]([C@@H](C)NC(=S)NC(C)C)N(Cc1cccc(C)c1)CC2. The molecule has 1 aliphatic heterocycles. The minimum absolute atomic E-state index is 0.112. The summed E-state index contributed by atoms with van der Waals surface area (Å²) >= 11 is 5.56. The number of fused-ring (bicyclic) bond motifs is 1. The fourth-order valence-electron chi connectivity index (χ4n) is 4.43. The Balaban J connectivity index is 1.96. The molecule has 0 aliphatic carbocycles. The molecule has 0 unspecified atom stereocenters. The first-order valence-corrected chi connectivity index (χ1v) is 11.3. The molecule has 3 rings (SSSR count). The molecule has 2 atom stereocenters. The van der Waals surface area contributed by atoms with Crippen LogP contribution in [0, 0.1) is 6.92 Å². The minimum Gasteiger partial charge on any atom is -0.493 e. The Morgan fingerprint density at radius 2 is 1.81 bits per heavy atom. The molecule has 0 aromatic heterocycles. The predicted molar refractivity (Wildman–Crippen MR) is 131 cm³/mol. The highest BCUT2D eigenvalue weighted by Gasteiger charge is 2.33. The maximum Gasteiger partial charge on any atom is 0.166 e. The van der Waals surface area contributed by atoms with Crippen molar-refractivity contribution in [2.75, 3.05) is 20.8 Å². The van der Waals surface area contributed by atoms with Gasteiger partial charge in [0.15, 0.2) is 16.6 Å². The van der Waals surface area contributed by atoms with Gasteiger partial charge in [0.2, 0.25) is 0 Å². The molecule has 0 saturated heterocycles. The molecule has 31 heavy (non-hydrogen) atoms. The summed E-state index contributed by atoms with van der Waals surface area (Å²) in [5, 5.41) is 7.51. The molecule has 0 saturated carbocycles. The van der Waals surface area contributed by atoms with Crippen LogP contribution in [-0.4, -0.2) is 42.9 Å². The van der Waals surface area contributed by atoms with Gasteiger partial charge in [-0.1, -0.05) is 29.8 Å². The van der Waals surface area contributed by atoms with Crippen molar-refractivity contribution in [2.45, 2.75) is 58.8 Å². The molecule has 0 spiro atoms. The van der Waals surface area contributed by atoms with Gasteiger partial charge < -0.3 is 20.1 Å². The summed E-state index contributed by atoms with van der Waals surface area (Å²) in [6.45, 7) is 10.4. The lowest BCUT2D eigenvalue weighted by atomic mass is 9.87. The van der Waals surface area contributed by atoms with E-state index in [1.807, 2.05) is 0 Å². The van der Waals surface area contributed by atoms with Crippen molar-refractivity contribution in [3.63, 3.8) is 0 Å². The number of hydrogen-bond acceptors (Lipinski definition) is 4. The summed E-state index contributed by atoms with van der Waals surface area (Å²) in [6.07, 6.45) is 0.972. The van der Waals surface area contributed by atoms with Crippen molar-refractivity contribution in [2.24, 2.45) is 0 Å². The van der Waals surface area contributed by atoms with Crippen LogP contribution in [0.15, 0.2) is 36.4 Å². The van der Waals surface area contributed by atoms with E-state index in [2.05, 4.69) is 79.6 Å². The van der Waals surface area contributed by atoms with E-state index < -0.39 is 0 Å². The maximum atomic E-state index is 5.63. The first-order chi connectivity index (χ1) is 14.8. The van der Waals surface area contributed by atoms with Gasteiger partial charge in [-0.2, -0.15) is 0 Å². The van der Waals surface area contributed by atoms with Crippen molar-refractivity contribution in [3.8, 4) is 11.5 Å². The van der Waals surface area contributed by atoms with E-state index in [0.29, 0.717) is 11.2 Å². The standard InChI is InChI=1S/C25H35N3O2S/c1-16(2)26-25(31)27-18(4)24-21-14-23(30-6)22(29-5)13-20(21)10-11-28(24)15-19-9-7-8-17(3)12-19/h7-9,12-14,16,18,24H,10-11,15H2,1-6H3,(H2,26,27,31)/t18-,24-/m1/s1. The van der Waals surface area contributed by atoms with Gasteiger partial charge in [-0.3, -0.25) is 4.90 Å². The first-order valence-electron chi connectivity index (χ1n) is 10.9. The van der Waals surface area contributed by atoms with E-state index in [1.54, 1.807) is 14.2 Å². The Morgan fingerprint density at radius 1 is 1.10 bits per heavy atom. The third kappa shape index (κ3) is 5.69. The molecule has 6 heteroatoms. The normalized spacial score (nSPS) is 17.1. The highest BCUT2D eigenvalue weighted by Crippen LogP contribution is 2.40. The van der Waals surface area contributed by atoms with Gasteiger partial charge in [0, 0.05) is 25.2 Å². The van der Waals surface area contributed by atoms with E-state index in [4.69, 9.17) is 21.7 Å². The summed E-state index contributed by atoms with van der Waals surface area (Å²) < 4.78 is 11.2. The summed E-state index contributed by atoms with van der Waals surface area (Å²) in [6, 6.07) is 13.6. The highest BCUT2D eigenvalue weighted by atomic mass is 32.1. The zero-order valence-corrected chi connectivity index (χ0v) is 20.3. The van der Waals surface area contributed by atoms with Gasteiger partial charge in [0.25, 0.3) is 0 Å². The molecule has 0 bridgehead atoms. The summed E-state index contributed by atoms with van der Waals surface area (Å²) in [5.41, 5.74) is 5.18. The fraction of sp³-hybridized carbons (Fsp3) is 0.480. The van der Waals surface area contributed by atoms with Crippen LogP contribution in [-0.2, 0) is 13.0 Å². The van der Waals surface area contributed by atoms with E-state index >= 15 is 0 Å². The van der Waals surface area contributed by atoms with Crippen LogP contribution in [0.25, 0.3) is 0 Å². The molecule has 2 N–H and O–H groups in total. The maximum absolute atomic E-state index is 5.63. The number of nitrogens with one attached hydrogen (secondary N) is 2. The van der Waals surface area contributed by atoms with E-state index in [1.165, 1.54) is 22.3 Å². The van der Waals surface area contributed by atoms with Crippen LogP contribution in [0.3, 0.4) is 0 Å². The molecule has 5 nitrogen and oxygen atoms in total. The van der Waals surface area contributed by atoms with Gasteiger partial charge >= 0.3 is 0 Å². The van der Waals surface area contributed by atoms with Crippen molar-refractivity contribution >= 4 is 17.3 Å². The lowest BCUT2D eigenvalue weighted by Crippen LogP contribution is -2.50. The Hall–Kier alpha value is -2.31. The predicted octanol–water partition coefficient (Wildman–Crippen LogP) is 4.37. The van der Waals surface area contributed by atoms with Crippen LogP contribution < -0.4 is 20.1 Å². The van der Waals surface area contributed by atoms with Gasteiger partial charge in [-0.15, -0.1) is 0 Å². The summed E-state index contributed by atoms with van der Waals surface area (Å²) in [4.78, 5) is 2.54. The molecular weight excluding hydrogens is 406 g/mol. The smallest absolute Gasteiger partial charge is 0.166 e. The second-order valence-corrected chi connectivity index (χ2v) is 9.03. The second-order valence-electron chi connectivity index (χ2n) is 8.62. The lowest BCUT2D eigenvalue weighted by molar-refractivity contribution is 0.149. The van der Waals surface area contributed by atoms with Crippen molar-refractivity contribution < 1.29 is 9.47 Å². The summed E-state index contributed by atoms with van der Waals surface area (Å²) in [7, 11) is 3.38. The van der Waals surface area contributed by atoms with Gasteiger partial charge in [-0.05, 0) is 75.2 Å². The van der Waals surface area contributed by atoms with E-state index in [-0.39, 0.29) is 12.1 Å². The fourth-order valence-corrected chi connectivity index (χ4v) is 4.85. The number of benzene rings is 2. The third-order valence-electron chi connectivity index (χ3n) is 5.75. The lowest BCUT2D eigenvalue weighted by Gasteiger charge is -2.41. The molecule has 168 valence electrons. The minimum atomic E-state index is 0.112. The molecule has 2 aromatic carbocycles. The second kappa shape index (κ2) is 10.3. The number of methoxy groups -OCH3 is 2. The number of hydrogen-bond donors (Lipinski definition) is 2. The van der Waals surface area contributed by atoms with Crippen molar-refractivity contribution in [1.29, 1.82) is 0 Å². The van der Waals surface area contributed by atoms with Gasteiger partial charge in [0.1, 0.15) is 0 Å². The highest BCUT2D eigenvalue weighted by molar-refractivity contribution is 7.80. The Labute approximate surface area is 192 Å². The molecular formula is C25H35N3O2S. The number of ether oxygens (including phenoxy) is 2. The number of nitrogens with zero attached hydrogens (tertiary/aromatic N) is 1. The number of rotatable bonds is 7. The average molecular weight is 442 g/mol. The molecule has 1 aliphatic rings. The molecule has 2 aromatic rings. The first kappa shape index (κ1) is 23.4. The quantitative estimate of drug-likeness (QED) is 0.622. The zero-order valence-electron chi connectivity index (χ0n) is 19.5. The zero-order chi connectivity index (χ0) is 22.5. The topological polar surface area (TPSA) is 45.8 Å². The van der Waals surface area contributed by atoms with Gasteiger partial charge in [0.05, 0.1) is 20.3 Å². The molecule has 0 amide bonds. The Bertz CT molecular complexity index is 916. The molecule has 0 radical (unpaired) electrons. The number of thiocarbonyl (C=S) groups is 1. The Morgan fingerprint density at radius 3 is 2.45 bits per heavy atom. The van der Waals surface area contributed by atoms with Crippen LogP contribution in [0.2, 0.25) is 0 Å². The van der Waals surface area contributed by atoms with Crippen LogP contribution in [0.5, 0.6) is 11.5 Å². The largest absolute Gasteiger partial charge is 0.493 e. The number of aryl methyl sites for hydroxylation is 1. The molecule has 0 fully saturated rings. The van der Waals surface area contributed by atoms with Crippen molar-refractivity contribution in [1.82, 2.24) is 15.5 Å². The Kier molecular flexibility index (Phi) is 7.79. The van der Waals surface area contributed by atoms with E-state index in [0.717, 1.165) is 31.0 Å². The van der Waals surface area contributed by atoms with Crippen LogP contribution in [0.1, 0.15) is 49.1 Å². The van der Waals surface area contributed by atoms with Gasteiger partial charge in [-0.25, -0.2) is 0 Å². The summed E-state index contributed by atoms with van der Waals surface area (Å²) in [5.74, 6) is 1.54. The average Bonchev–Trinajstić information content (AvgIpc) is 2.71. The monoisotopic (exact) mass is 441 g/mol. The third-order valence-corrected chi connectivity index (χ3v) is 5.98. The van der Waals surface area contributed by atoms with Crippen molar-refractivity contribution in [3.05, 3.63) is 58.7 Å². The van der Waals surface area contributed by atoms with Crippen LogP contribution >= 0.6 is 12.2 Å². The van der Waals surface area contributed by atoms with E-state index in [9.17, 15) is 0 Å².